The number of carbonyl (C=O) groups is 1. The van der Waals surface area contributed by atoms with Gasteiger partial charge in [0.25, 0.3) is 0 Å². The number of carbonyl (C=O) groups excluding carboxylic acids is 1. The number of anilines is 5. The number of nitrogens with zero attached hydrogens (tertiary/aromatic N) is 2. The molecule has 3 aromatic rings. The first-order valence-electron chi connectivity index (χ1n) is 8.84. The van der Waals surface area contributed by atoms with Crippen molar-refractivity contribution in [1.29, 1.82) is 0 Å². The molecule has 0 aliphatic carbocycles. The molecule has 0 radical (unpaired) electrons. The van der Waals surface area contributed by atoms with Crippen molar-refractivity contribution in [3.63, 3.8) is 0 Å². The summed E-state index contributed by atoms with van der Waals surface area (Å²) in [6.45, 7) is 7.37. The van der Waals surface area contributed by atoms with Crippen LogP contribution in [0.2, 0.25) is 5.02 Å². The number of hydrogen-bond acceptors (Lipinski definition) is 5. The third-order valence-corrected chi connectivity index (χ3v) is 4.28. The lowest BCUT2D eigenvalue weighted by atomic mass is 10.1. The average Bonchev–Trinajstić information content (AvgIpc) is 2.57. The predicted octanol–water partition coefficient (Wildman–Crippen LogP) is 5.50. The summed E-state index contributed by atoms with van der Waals surface area (Å²) in [5.41, 5.74) is 5.23. The van der Waals surface area contributed by atoms with Gasteiger partial charge in [0.15, 0.2) is 0 Å². The first-order chi connectivity index (χ1) is 13.3. The highest BCUT2D eigenvalue weighted by atomic mass is 35.5. The molecule has 7 heteroatoms. The smallest absolute Gasteiger partial charge is 0.229 e. The van der Waals surface area contributed by atoms with Crippen LogP contribution in [-0.2, 0) is 4.79 Å². The SMILES string of the molecule is CC(=O)Nc1cccc(Nc2cc(C)nc(Nc3c(C)cc(C)cc3Cl)n2)c1. The molecule has 0 spiro atoms. The molecule has 0 unspecified atom stereocenters. The molecule has 28 heavy (non-hydrogen) atoms. The van der Waals surface area contributed by atoms with Crippen molar-refractivity contribution >= 4 is 46.3 Å². The second kappa shape index (κ2) is 8.27. The van der Waals surface area contributed by atoms with E-state index < -0.39 is 0 Å². The molecule has 0 saturated carbocycles. The Hall–Kier alpha value is -3.12. The normalized spacial score (nSPS) is 10.5. The summed E-state index contributed by atoms with van der Waals surface area (Å²) in [7, 11) is 0. The molecule has 144 valence electrons. The molecule has 2 aromatic carbocycles. The maximum Gasteiger partial charge on any atom is 0.229 e. The molecule has 0 aliphatic rings. The number of halogens is 1. The van der Waals surface area contributed by atoms with Crippen LogP contribution in [0.3, 0.4) is 0 Å². The van der Waals surface area contributed by atoms with Crippen molar-refractivity contribution < 1.29 is 4.79 Å². The first kappa shape index (κ1) is 19.6. The fourth-order valence-electron chi connectivity index (χ4n) is 2.90. The van der Waals surface area contributed by atoms with Crippen molar-refractivity contribution in [3.8, 4) is 0 Å². The molecule has 3 rings (SSSR count). The van der Waals surface area contributed by atoms with Gasteiger partial charge in [0.1, 0.15) is 5.82 Å². The molecular formula is C21H22ClN5O. The van der Waals surface area contributed by atoms with Crippen LogP contribution in [0.1, 0.15) is 23.7 Å². The van der Waals surface area contributed by atoms with E-state index in [2.05, 4.69) is 32.0 Å². The Morgan fingerprint density at radius 1 is 0.964 bits per heavy atom. The second-order valence-electron chi connectivity index (χ2n) is 6.67. The summed E-state index contributed by atoms with van der Waals surface area (Å²) in [5, 5.41) is 9.86. The maximum absolute atomic E-state index is 11.3. The maximum atomic E-state index is 11.3. The third kappa shape index (κ3) is 4.98. The summed E-state index contributed by atoms with van der Waals surface area (Å²) < 4.78 is 0. The third-order valence-electron chi connectivity index (χ3n) is 3.98. The Kier molecular flexibility index (Phi) is 5.80. The molecule has 0 saturated heterocycles. The standard InChI is InChI=1S/C21H22ClN5O/c1-12-8-13(2)20(18(22)9-12)27-21-23-14(3)10-19(26-21)25-17-7-5-6-16(11-17)24-15(4)28/h5-11H,1-4H3,(H,24,28)(H2,23,25,26,27). The average molecular weight is 396 g/mol. The molecule has 0 atom stereocenters. The Morgan fingerprint density at radius 3 is 2.43 bits per heavy atom. The molecular weight excluding hydrogens is 374 g/mol. The van der Waals surface area contributed by atoms with Crippen LogP contribution >= 0.6 is 11.6 Å². The summed E-state index contributed by atoms with van der Waals surface area (Å²) in [6.07, 6.45) is 0. The lowest BCUT2D eigenvalue weighted by Crippen LogP contribution is -2.06. The quantitative estimate of drug-likeness (QED) is 0.531. The summed E-state index contributed by atoms with van der Waals surface area (Å²) in [4.78, 5) is 20.2. The van der Waals surface area contributed by atoms with E-state index in [1.54, 1.807) is 0 Å². The highest BCUT2D eigenvalue weighted by Crippen LogP contribution is 2.30. The van der Waals surface area contributed by atoms with Gasteiger partial charge < -0.3 is 16.0 Å². The van der Waals surface area contributed by atoms with Gasteiger partial charge in [0.2, 0.25) is 11.9 Å². The van der Waals surface area contributed by atoms with E-state index in [4.69, 9.17) is 11.6 Å². The van der Waals surface area contributed by atoms with Gasteiger partial charge in [0, 0.05) is 30.1 Å². The zero-order valence-corrected chi connectivity index (χ0v) is 17.0. The fraction of sp³-hybridized carbons (Fsp3) is 0.190. The van der Waals surface area contributed by atoms with Crippen LogP contribution < -0.4 is 16.0 Å². The minimum atomic E-state index is -0.119. The van der Waals surface area contributed by atoms with Crippen LogP contribution in [-0.4, -0.2) is 15.9 Å². The topological polar surface area (TPSA) is 78.9 Å². The molecule has 1 aromatic heterocycles. The van der Waals surface area contributed by atoms with E-state index in [-0.39, 0.29) is 5.91 Å². The molecule has 0 bridgehead atoms. The molecule has 1 amide bonds. The molecule has 0 fully saturated rings. The number of aromatic nitrogens is 2. The van der Waals surface area contributed by atoms with Crippen LogP contribution in [0.25, 0.3) is 0 Å². The number of benzene rings is 2. The first-order valence-corrected chi connectivity index (χ1v) is 9.22. The van der Waals surface area contributed by atoms with Crippen LogP contribution in [0.4, 0.5) is 28.8 Å². The molecule has 6 nitrogen and oxygen atoms in total. The Bertz CT molecular complexity index is 1010. The zero-order valence-electron chi connectivity index (χ0n) is 16.2. The predicted molar refractivity (Wildman–Crippen MR) is 115 cm³/mol. The molecule has 3 N–H and O–H groups in total. The van der Waals surface area contributed by atoms with Gasteiger partial charge in [-0.2, -0.15) is 4.98 Å². The van der Waals surface area contributed by atoms with Gasteiger partial charge in [-0.15, -0.1) is 0 Å². The number of hydrogen-bond donors (Lipinski definition) is 3. The van der Waals surface area contributed by atoms with Crippen molar-refractivity contribution in [2.75, 3.05) is 16.0 Å². The van der Waals surface area contributed by atoms with Gasteiger partial charge in [-0.3, -0.25) is 4.79 Å². The minimum Gasteiger partial charge on any atom is -0.340 e. The fourth-order valence-corrected chi connectivity index (χ4v) is 3.27. The van der Waals surface area contributed by atoms with Gasteiger partial charge in [-0.05, 0) is 56.2 Å². The highest BCUT2D eigenvalue weighted by molar-refractivity contribution is 6.33. The lowest BCUT2D eigenvalue weighted by molar-refractivity contribution is -0.114. The van der Waals surface area contributed by atoms with E-state index >= 15 is 0 Å². The van der Waals surface area contributed by atoms with E-state index in [0.717, 1.165) is 28.2 Å². The number of rotatable bonds is 5. The highest BCUT2D eigenvalue weighted by Gasteiger charge is 2.09. The van der Waals surface area contributed by atoms with Crippen LogP contribution in [0.5, 0.6) is 0 Å². The van der Waals surface area contributed by atoms with Gasteiger partial charge in [-0.25, -0.2) is 4.98 Å². The Labute approximate surface area is 169 Å². The molecule has 0 aliphatic heterocycles. The van der Waals surface area contributed by atoms with Crippen molar-refractivity contribution in [3.05, 3.63) is 64.3 Å². The van der Waals surface area contributed by atoms with Crippen molar-refractivity contribution in [2.24, 2.45) is 0 Å². The lowest BCUT2D eigenvalue weighted by Gasteiger charge is -2.14. The Balaban J connectivity index is 1.85. The van der Waals surface area contributed by atoms with E-state index in [1.807, 2.05) is 57.2 Å². The van der Waals surface area contributed by atoms with E-state index in [0.29, 0.717) is 22.5 Å². The zero-order chi connectivity index (χ0) is 20.3. The number of amides is 1. The van der Waals surface area contributed by atoms with Crippen LogP contribution in [0, 0.1) is 20.8 Å². The van der Waals surface area contributed by atoms with Gasteiger partial charge >= 0.3 is 0 Å². The van der Waals surface area contributed by atoms with Crippen LogP contribution in [0.15, 0.2) is 42.5 Å². The van der Waals surface area contributed by atoms with Gasteiger partial charge in [-0.1, -0.05) is 23.7 Å². The minimum absolute atomic E-state index is 0.119. The number of aryl methyl sites for hydroxylation is 3. The Morgan fingerprint density at radius 2 is 1.71 bits per heavy atom. The van der Waals surface area contributed by atoms with E-state index in [1.165, 1.54) is 6.92 Å². The largest absolute Gasteiger partial charge is 0.340 e. The van der Waals surface area contributed by atoms with Gasteiger partial charge in [0.05, 0.1) is 10.7 Å². The van der Waals surface area contributed by atoms with Crippen molar-refractivity contribution in [1.82, 2.24) is 9.97 Å². The number of nitrogens with one attached hydrogen (secondary N) is 3. The summed E-state index contributed by atoms with van der Waals surface area (Å²) in [6, 6.07) is 13.2. The monoisotopic (exact) mass is 395 g/mol. The summed E-state index contributed by atoms with van der Waals surface area (Å²) in [5.74, 6) is 0.970. The second-order valence-corrected chi connectivity index (χ2v) is 7.08. The summed E-state index contributed by atoms with van der Waals surface area (Å²) >= 11 is 6.38. The van der Waals surface area contributed by atoms with E-state index in [9.17, 15) is 4.79 Å². The molecule has 1 heterocycles. The van der Waals surface area contributed by atoms with Crippen molar-refractivity contribution in [2.45, 2.75) is 27.7 Å².